The zero-order chi connectivity index (χ0) is 20.1. The molecule has 9 nitrogen and oxygen atoms in total. The molecule has 0 unspecified atom stereocenters. The number of benzene rings is 1. The van der Waals surface area contributed by atoms with Crippen molar-refractivity contribution < 1.29 is 23.8 Å². The molecule has 0 aliphatic heterocycles. The lowest BCUT2D eigenvalue weighted by atomic mass is 10.2. The number of amides is 1. The average molecular weight is 403 g/mol. The summed E-state index contributed by atoms with van der Waals surface area (Å²) in [5.41, 5.74) is 10.7. The molecule has 0 aromatic heterocycles. The summed E-state index contributed by atoms with van der Waals surface area (Å²) >= 11 is 6.13. The molecule has 1 rings (SSSR count). The van der Waals surface area contributed by atoms with Crippen molar-refractivity contribution in [2.24, 2.45) is 16.6 Å². The summed E-state index contributed by atoms with van der Waals surface area (Å²) in [7, 11) is 3.17. The van der Waals surface area contributed by atoms with Crippen molar-refractivity contribution in [1.82, 2.24) is 4.90 Å². The smallest absolute Gasteiger partial charge is 0.254 e. The summed E-state index contributed by atoms with van der Waals surface area (Å²) in [6, 6.07) is 4.90. The Kier molecular flexibility index (Phi) is 11.0. The number of guanidine groups is 1. The number of hydrogen-bond acceptors (Lipinski definition) is 6. The predicted octanol–water partition coefficient (Wildman–Crippen LogP) is 1.05. The standard InChI is InChI=1S/C17H27ClN4O5/c1-24-8-4-22(5-9-25-2)16(23)13-10-14(18)12-15(11-13)26-6-3-7-27-21-17(19)20/h10-12H,3-9H2,1-2H3,(H4,19,20,21). The van der Waals surface area contributed by atoms with E-state index in [0.29, 0.717) is 62.3 Å². The van der Waals surface area contributed by atoms with Gasteiger partial charge in [0.05, 0.1) is 19.8 Å². The van der Waals surface area contributed by atoms with E-state index < -0.39 is 0 Å². The number of methoxy groups -OCH3 is 2. The van der Waals surface area contributed by atoms with Crippen molar-refractivity contribution in [2.45, 2.75) is 6.42 Å². The van der Waals surface area contributed by atoms with Gasteiger partial charge < -0.3 is 35.4 Å². The van der Waals surface area contributed by atoms with Gasteiger partial charge in [0.15, 0.2) is 0 Å². The molecular formula is C17H27ClN4O5. The molecule has 1 aromatic carbocycles. The quantitative estimate of drug-likeness (QED) is 0.219. The molecule has 1 amide bonds. The number of ether oxygens (including phenoxy) is 3. The number of oxime groups is 1. The van der Waals surface area contributed by atoms with Crippen LogP contribution in [0.1, 0.15) is 16.8 Å². The third kappa shape index (κ3) is 9.32. The lowest BCUT2D eigenvalue weighted by molar-refractivity contribution is 0.0627. The van der Waals surface area contributed by atoms with E-state index in [9.17, 15) is 4.79 Å². The van der Waals surface area contributed by atoms with Crippen LogP contribution in [-0.2, 0) is 14.3 Å². The van der Waals surface area contributed by atoms with Gasteiger partial charge in [-0.25, -0.2) is 0 Å². The molecule has 0 heterocycles. The van der Waals surface area contributed by atoms with Gasteiger partial charge in [-0.05, 0) is 23.4 Å². The maximum atomic E-state index is 12.8. The molecule has 27 heavy (non-hydrogen) atoms. The molecule has 0 aliphatic rings. The Morgan fingerprint density at radius 3 is 2.33 bits per heavy atom. The first-order chi connectivity index (χ1) is 13.0. The van der Waals surface area contributed by atoms with Gasteiger partial charge in [0.1, 0.15) is 12.4 Å². The highest BCUT2D eigenvalue weighted by atomic mass is 35.5. The number of nitrogens with two attached hydrogens (primary N) is 2. The summed E-state index contributed by atoms with van der Waals surface area (Å²) in [6.07, 6.45) is 0.556. The number of hydrogen-bond donors (Lipinski definition) is 2. The van der Waals surface area contributed by atoms with Crippen molar-refractivity contribution in [1.29, 1.82) is 0 Å². The zero-order valence-corrected chi connectivity index (χ0v) is 16.4. The van der Waals surface area contributed by atoms with E-state index in [1.807, 2.05) is 0 Å². The van der Waals surface area contributed by atoms with Crippen LogP contribution in [0.5, 0.6) is 5.75 Å². The molecule has 0 saturated heterocycles. The lowest BCUT2D eigenvalue weighted by Gasteiger charge is -2.22. The first-order valence-corrected chi connectivity index (χ1v) is 8.77. The third-order valence-corrected chi connectivity index (χ3v) is 3.57. The van der Waals surface area contributed by atoms with Crippen molar-refractivity contribution in [3.8, 4) is 5.75 Å². The maximum absolute atomic E-state index is 12.8. The number of nitrogens with zero attached hydrogens (tertiary/aromatic N) is 2. The van der Waals surface area contributed by atoms with E-state index in [2.05, 4.69) is 5.16 Å². The van der Waals surface area contributed by atoms with Crippen molar-refractivity contribution in [2.75, 3.05) is 53.7 Å². The largest absolute Gasteiger partial charge is 0.493 e. The second-order valence-electron chi connectivity index (χ2n) is 5.50. The van der Waals surface area contributed by atoms with Crippen LogP contribution in [0.4, 0.5) is 0 Å². The Hall–Kier alpha value is -2.23. The van der Waals surface area contributed by atoms with Crippen molar-refractivity contribution in [3.63, 3.8) is 0 Å². The van der Waals surface area contributed by atoms with E-state index in [-0.39, 0.29) is 11.9 Å². The highest BCUT2D eigenvalue weighted by Crippen LogP contribution is 2.22. The van der Waals surface area contributed by atoms with E-state index in [1.54, 1.807) is 37.3 Å². The van der Waals surface area contributed by atoms with Gasteiger partial charge >= 0.3 is 0 Å². The molecule has 0 spiro atoms. The van der Waals surface area contributed by atoms with Crippen LogP contribution in [0.25, 0.3) is 0 Å². The Bertz CT molecular complexity index is 603. The highest BCUT2D eigenvalue weighted by Gasteiger charge is 2.17. The summed E-state index contributed by atoms with van der Waals surface area (Å²) < 4.78 is 15.8. The Morgan fingerprint density at radius 1 is 1.07 bits per heavy atom. The van der Waals surface area contributed by atoms with Crippen LogP contribution in [0, 0.1) is 0 Å². The number of carbonyl (C=O) groups is 1. The van der Waals surface area contributed by atoms with Gasteiger partial charge in [0.2, 0.25) is 5.96 Å². The van der Waals surface area contributed by atoms with Gasteiger partial charge in [-0.2, -0.15) is 0 Å². The Labute approximate surface area is 164 Å². The van der Waals surface area contributed by atoms with Crippen LogP contribution in [0.3, 0.4) is 0 Å². The highest BCUT2D eigenvalue weighted by molar-refractivity contribution is 6.31. The van der Waals surface area contributed by atoms with Gasteiger partial charge in [0.25, 0.3) is 5.91 Å². The Morgan fingerprint density at radius 2 is 1.74 bits per heavy atom. The molecule has 152 valence electrons. The second-order valence-corrected chi connectivity index (χ2v) is 5.94. The first-order valence-electron chi connectivity index (χ1n) is 8.39. The fourth-order valence-electron chi connectivity index (χ4n) is 2.10. The lowest BCUT2D eigenvalue weighted by Crippen LogP contribution is -2.36. The normalized spacial score (nSPS) is 10.3. The van der Waals surface area contributed by atoms with E-state index >= 15 is 0 Å². The SMILES string of the molecule is COCCN(CCOC)C(=O)c1cc(Cl)cc(OCCCON=C(N)N)c1. The molecule has 0 atom stereocenters. The summed E-state index contributed by atoms with van der Waals surface area (Å²) in [5, 5.41) is 3.82. The van der Waals surface area contributed by atoms with Gasteiger partial charge in [-0.3, -0.25) is 4.79 Å². The van der Waals surface area contributed by atoms with Crippen molar-refractivity contribution in [3.05, 3.63) is 28.8 Å². The van der Waals surface area contributed by atoms with Gasteiger partial charge in [-0.1, -0.05) is 11.6 Å². The minimum Gasteiger partial charge on any atom is -0.493 e. The first kappa shape index (κ1) is 22.8. The van der Waals surface area contributed by atoms with Crippen LogP contribution in [-0.4, -0.2) is 70.5 Å². The molecule has 10 heteroatoms. The van der Waals surface area contributed by atoms with E-state index in [4.69, 9.17) is 42.1 Å². The summed E-state index contributed by atoms with van der Waals surface area (Å²) in [4.78, 5) is 19.3. The molecule has 1 aromatic rings. The van der Waals surface area contributed by atoms with Crippen LogP contribution in [0.2, 0.25) is 5.02 Å². The maximum Gasteiger partial charge on any atom is 0.254 e. The van der Waals surface area contributed by atoms with E-state index in [0.717, 1.165) is 0 Å². The van der Waals surface area contributed by atoms with Gasteiger partial charge in [-0.15, -0.1) is 0 Å². The minimum absolute atomic E-state index is 0.139. The van der Waals surface area contributed by atoms with Crippen molar-refractivity contribution >= 4 is 23.5 Å². The molecule has 0 fully saturated rings. The minimum atomic E-state index is -0.174. The van der Waals surface area contributed by atoms with Crippen LogP contribution < -0.4 is 16.2 Å². The number of carbonyl (C=O) groups excluding carboxylic acids is 1. The molecule has 0 radical (unpaired) electrons. The van der Waals surface area contributed by atoms with Gasteiger partial charge in [0, 0.05) is 44.3 Å². The summed E-state index contributed by atoms with van der Waals surface area (Å²) in [5.74, 6) is 0.180. The third-order valence-electron chi connectivity index (χ3n) is 3.35. The topological polar surface area (TPSA) is 122 Å². The fourth-order valence-corrected chi connectivity index (χ4v) is 2.33. The fraction of sp³-hybridized carbons (Fsp3) is 0.529. The molecule has 0 bridgehead atoms. The average Bonchev–Trinajstić information content (AvgIpc) is 2.63. The molecule has 4 N–H and O–H groups in total. The van der Waals surface area contributed by atoms with E-state index in [1.165, 1.54) is 0 Å². The van der Waals surface area contributed by atoms with Crippen LogP contribution >= 0.6 is 11.6 Å². The molecular weight excluding hydrogens is 376 g/mol. The molecule has 0 aliphatic carbocycles. The molecule has 0 saturated carbocycles. The summed E-state index contributed by atoms with van der Waals surface area (Å²) in [6.45, 7) is 2.40. The second kappa shape index (κ2) is 13.0. The van der Waals surface area contributed by atoms with Crippen LogP contribution in [0.15, 0.2) is 23.4 Å². The number of rotatable bonds is 13. The zero-order valence-electron chi connectivity index (χ0n) is 15.7. The predicted molar refractivity (Wildman–Crippen MR) is 103 cm³/mol. The monoisotopic (exact) mass is 402 g/mol. The Balaban J connectivity index is 2.68. The number of halogens is 1.